The summed E-state index contributed by atoms with van der Waals surface area (Å²) in [5.41, 5.74) is 3.14. The molecule has 0 bridgehead atoms. The van der Waals surface area contributed by atoms with E-state index in [-0.39, 0.29) is 24.2 Å². The van der Waals surface area contributed by atoms with Gasteiger partial charge in [-0.05, 0) is 33.1 Å². The third-order valence-electron chi connectivity index (χ3n) is 6.40. The molecule has 0 spiro atoms. The van der Waals surface area contributed by atoms with Crippen LogP contribution in [-0.4, -0.2) is 27.1 Å². The molecule has 6 heteroatoms. The van der Waals surface area contributed by atoms with Crippen LogP contribution in [0.4, 0.5) is 0 Å². The van der Waals surface area contributed by atoms with Crippen LogP contribution in [0.1, 0.15) is 83.1 Å². The third-order valence-corrected chi connectivity index (χ3v) is 6.40. The Kier molecular flexibility index (Phi) is 10.4. The number of hydrogen-bond donors (Lipinski definition) is 0. The molecule has 0 aliphatic carbocycles. The zero-order valence-electron chi connectivity index (χ0n) is 22.0. The fraction of sp³-hybridized carbons (Fsp3) is 0.571. The van der Waals surface area contributed by atoms with E-state index in [0.29, 0.717) is 34.5 Å². The molecule has 1 heterocycles. The average Bonchev–Trinajstić information content (AvgIpc) is 2.82. The van der Waals surface area contributed by atoms with E-state index in [1.54, 1.807) is 21.3 Å². The minimum Gasteiger partial charge on any atom is -0.496 e. The zero-order valence-corrected chi connectivity index (χ0v) is 22.0. The second kappa shape index (κ2) is 12.7. The van der Waals surface area contributed by atoms with Gasteiger partial charge in [0.05, 0.1) is 25.7 Å². The molecule has 0 N–H and O–H groups in total. The maximum Gasteiger partial charge on any atom is 0.336 e. The van der Waals surface area contributed by atoms with Crippen molar-refractivity contribution in [3.8, 4) is 11.5 Å². The summed E-state index contributed by atoms with van der Waals surface area (Å²) in [7, 11) is 4.83. The highest BCUT2D eigenvalue weighted by Crippen LogP contribution is 2.45. The first-order chi connectivity index (χ1) is 16.2. The van der Waals surface area contributed by atoms with Gasteiger partial charge in [-0.15, -0.1) is 0 Å². The van der Waals surface area contributed by atoms with Gasteiger partial charge in [0, 0.05) is 42.2 Å². The Bertz CT molecular complexity index is 1070. The number of rotatable bonds is 13. The number of hydrogen-bond acceptors (Lipinski definition) is 6. The van der Waals surface area contributed by atoms with E-state index in [1.165, 1.54) is 6.07 Å². The number of unbranched alkanes of at least 4 members (excludes halogenated alkanes) is 1. The summed E-state index contributed by atoms with van der Waals surface area (Å²) >= 11 is 0. The number of ether oxygens (including phenoxy) is 3. The Labute approximate surface area is 203 Å². The van der Waals surface area contributed by atoms with Gasteiger partial charge in [-0.1, -0.05) is 45.3 Å². The summed E-state index contributed by atoms with van der Waals surface area (Å²) in [6, 6.07) is 1.49. The normalized spacial score (nSPS) is 12.9. The smallest absolute Gasteiger partial charge is 0.336 e. The molecular weight excluding hydrogens is 432 g/mol. The van der Waals surface area contributed by atoms with Gasteiger partial charge in [0.2, 0.25) is 0 Å². The second-order valence-electron chi connectivity index (χ2n) is 9.05. The van der Waals surface area contributed by atoms with Crippen molar-refractivity contribution in [2.24, 2.45) is 5.92 Å². The fourth-order valence-electron chi connectivity index (χ4n) is 4.24. The molecule has 0 saturated carbocycles. The highest BCUT2D eigenvalue weighted by molar-refractivity contribution is 5.97. The van der Waals surface area contributed by atoms with Crippen molar-refractivity contribution in [1.29, 1.82) is 0 Å². The molecule has 0 fully saturated rings. The van der Waals surface area contributed by atoms with Gasteiger partial charge in [0.1, 0.15) is 22.9 Å². The lowest BCUT2D eigenvalue weighted by Crippen LogP contribution is -2.16. The predicted molar refractivity (Wildman–Crippen MR) is 136 cm³/mol. The van der Waals surface area contributed by atoms with Gasteiger partial charge in [-0.2, -0.15) is 0 Å². The van der Waals surface area contributed by atoms with Crippen LogP contribution in [0.3, 0.4) is 0 Å². The van der Waals surface area contributed by atoms with Crippen LogP contribution in [0.2, 0.25) is 0 Å². The quantitative estimate of drug-likeness (QED) is 0.250. The Morgan fingerprint density at radius 1 is 1.09 bits per heavy atom. The molecule has 2 atom stereocenters. The standard InChI is InChI=1S/C28H40O6/c1-9-11-12-23(31-6)20-16-24(30)34-28-21(15-22(29)18(5)10-2)26(32-7)19(14-13-17(3)4)27(33-8)25(20)28/h13,16,18,23H,9-12,14-15H2,1-8H3/t18-,23-/m0/s1. The summed E-state index contributed by atoms with van der Waals surface area (Å²) in [4.78, 5) is 25.8. The summed E-state index contributed by atoms with van der Waals surface area (Å²) in [6.45, 7) is 10.1. The number of allylic oxidation sites excluding steroid dienone is 2. The molecule has 188 valence electrons. The molecular formula is C28H40O6. The lowest BCUT2D eigenvalue weighted by atomic mass is 9.90. The number of Topliss-reactive ketones (excluding diaryl/α,β-unsaturated/α-hetero) is 1. The molecule has 0 radical (unpaired) electrons. The fourth-order valence-corrected chi connectivity index (χ4v) is 4.24. The van der Waals surface area contributed by atoms with Crippen molar-refractivity contribution in [1.82, 2.24) is 0 Å². The van der Waals surface area contributed by atoms with E-state index >= 15 is 0 Å². The van der Waals surface area contributed by atoms with Crippen LogP contribution < -0.4 is 15.1 Å². The second-order valence-corrected chi connectivity index (χ2v) is 9.05. The van der Waals surface area contributed by atoms with E-state index in [4.69, 9.17) is 18.6 Å². The molecule has 0 saturated heterocycles. The summed E-state index contributed by atoms with van der Waals surface area (Å²) in [5.74, 6) is 1.07. The monoisotopic (exact) mass is 472 g/mol. The average molecular weight is 473 g/mol. The van der Waals surface area contributed by atoms with Crippen LogP contribution in [0.15, 0.2) is 26.9 Å². The Hall–Kier alpha value is -2.60. The molecule has 2 aromatic rings. The number of fused-ring (bicyclic) bond motifs is 1. The summed E-state index contributed by atoms with van der Waals surface area (Å²) in [5, 5.41) is 0.676. The highest BCUT2D eigenvalue weighted by Gasteiger charge is 2.29. The van der Waals surface area contributed by atoms with E-state index in [0.717, 1.165) is 42.4 Å². The third kappa shape index (κ3) is 6.09. The van der Waals surface area contributed by atoms with Gasteiger partial charge in [0.25, 0.3) is 0 Å². The molecule has 2 rings (SSSR count). The van der Waals surface area contributed by atoms with Crippen LogP contribution >= 0.6 is 0 Å². The predicted octanol–water partition coefficient (Wildman–Crippen LogP) is 6.35. The molecule has 0 unspecified atom stereocenters. The number of benzene rings is 1. The van der Waals surface area contributed by atoms with Crippen LogP contribution in [0.5, 0.6) is 11.5 Å². The largest absolute Gasteiger partial charge is 0.496 e. The molecule has 6 nitrogen and oxygen atoms in total. The molecule has 34 heavy (non-hydrogen) atoms. The lowest BCUT2D eigenvalue weighted by Gasteiger charge is -2.23. The van der Waals surface area contributed by atoms with Gasteiger partial charge in [-0.25, -0.2) is 4.79 Å². The number of methoxy groups -OCH3 is 3. The Morgan fingerprint density at radius 2 is 1.76 bits per heavy atom. The minimum atomic E-state index is -0.487. The Balaban J connectivity index is 3.02. The van der Waals surface area contributed by atoms with E-state index in [1.807, 2.05) is 27.7 Å². The molecule has 0 aliphatic heterocycles. The van der Waals surface area contributed by atoms with Crippen molar-refractivity contribution >= 4 is 16.8 Å². The van der Waals surface area contributed by atoms with Gasteiger partial charge < -0.3 is 18.6 Å². The van der Waals surface area contributed by atoms with Crippen molar-refractivity contribution in [3.05, 3.63) is 44.8 Å². The number of carbonyl (C=O) groups is 1. The van der Waals surface area contributed by atoms with Crippen molar-refractivity contribution in [2.45, 2.75) is 79.2 Å². The summed E-state index contributed by atoms with van der Waals surface area (Å²) < 4.78 is 23.4. The number of carbonyl (C=O) groups excluding carboxylic acids is 1. The van der Waals surface area contributed by atoms with Crippen molar-refractivity contribution in [3.63, 3.8) is 0 Å². The topological polar surface area (TPSA) is 75.0 Å². The van der Waals surface area contributed by atoms with E-state index in [2.05, 4.69) is 13.0 Å². The molecule has 1 aromatic heterocycles. The first-order valence-corrected chi connectivity index (χ1v) is 12.2. The maximum absolute atomic E-state index is 13.0. The number of ketones is 1. The molecule has 1 aromatic carbocycles. The minimum absolute atomic E-state index is 0.0720. The van der Waals surface area contributed by atoms with Crippen molar-refractivity contribution < 1.29 is 23.4 Å². The molecule has 0 amide bonds. The Morgan fingerprint density at radius 3 is 2.29 bits per heavy atom. The first kappa shape index (κ1) is 27.6. The van der Waals surface area contributed by atoms with E-state index in [9.17, 15) is 9.59 Å². The van der Waals surface area contributed by atoms with Crippen LogP contribution in [0, 0.1) is 5.92 Å². The van der Waals surface area contributed by atoms with Crippen molar-refractivity contribution in [2.75, 3.05) is 21.3 Å². The maximum atomic E-state index is 13.0. The lowest BCUT2D eigenvalue weighted by molar-refractivity contribution is -0.121. The van der Waals surface area contributed by atoms with Gasteiger partial charge in [-0.3, -0.25) is 4.79 Å². The SMILES string of the molecule is CCCC[C@H](OC)c1cc(=O)oc2c(CC(=O)[C@@H](C)CC)c(OC)c(CC=C(C)C)c(OC)c12. The van der Waals surface area contributed by atoms with Gasteiger partial charge in [0.15, 0.2) is 0 Å². The highest BCUT2D eigenvalue weighted by atomic mass is 16.5. The first-order valence-electron chi connectivity index (χ1n) is 12.2. The van der Waals surface area contributed by atoms with Gasteiger partial charge >= 0.3 is 5.63 Å². The zero-order chi connectivity index (χ0) is 25.4. The van der Waals surface area contributed by atoms with E-state index < -0.39 is 5.63 Å². The van der Waals surface area contributed by atoms with Crippen LogP contribution in [0.25, 0.3) is 11.0 Å². The summed E-state index contributed by atoms with van der Waals surface area (Å²) in [6.07, 6.45) is 5.90. The molecule has 0 aliphatic rings. The van der Waals surface area contributed by atoms with Crippen LogP contribution in [-0.2, 0) is 22.4 Å².